The lowest BCUT2D eigenvalue weighted by Crippen LogP contribution is -2.57. The number of hydrogen-bond donors (Lipinski definition) is 2. The molecule has 0 fully saturated rings. The van der Waals surface area contributed by atoms with Crippen LogP contribution in [0.15, 0.2) is 54.6 Å². The van der Waals surface area contributed by atoms with Gasteiger partial charge in [0.25, 0.3) is 0 Å². The molecular formula is C30H39N3O5. The van der Waals surface area contributed by atoms with Crippen LogP contribution in [0.25, 0.3) is 0 Å². The lowest BCUT2D eigenvalue weighted by Gasteiger charge is -2.36. The number of carbonyl (C=O) groups is 4. The summed E-state index contributed by atoms with van der Waals surface area (Å²) in [6, 6.07) is 14.7. The van der Waals surface area contributed by atoms with E-state index in [0.29, 0.717) is 19.3 Å². The zero-order chi connectivity index (χ0) is 27.7. The Morgan fingerprint density at radius 2 is 1.55 bits per heavy atom. The Morgan fingerprint density at radius 1 is 0.921 bits per heavy atom. The number of ether oxygens (including phenoxy) is 1. The van der Waals surface area contributed by atoms with Crippen molar-refractivity contribution >= 4 is 24.2 Å². The maximum absolute atomic E-state index is 13.6. The average Bonchev–Trinajstić information content (AvgIpc) is 2.90. The van der Waals surface area contributed by atoms with E-state index in [1.165, 1.54) is 4.90 Å². The molecule has 204 valence electrons. The van der Waals surface area contributed by atoms with Crippen LogP contribution in [-0.2, 0) is 38.7 Å². The van der Waals surface area contributed by atoms with Crippen LogP contribution < -0.4 is 10.6 Å². The molecule has 8 nitrogen and oxygen atoms in total. The van der Waals surface area contributed by atoms with Crippen molar-refractivity contribution in [1.82, 2.24) is 15.5 Å². The average molecular weight is 522 g/mol. The highest BCUT2D eigenvalue weighted by molar-refractivity contribution is 5.92. The summed E-state index contributed by atoms with van der Waals surface area (Å²) in [5.74, 6) is -0.492. The van der Waals surface area contributed by atoms with Crippen LogP contribution in [0.2, 0.25) is 0 Å². The summed E-state index contributed by atoms with van der Waals surface area (Å²) < 4.78 is 5.57. The highest BCUT2D eigenvalue weighted by Crippen LogP contribution is 2.25. The second-order valence-electron chi connectivity index (χ2n) is 10.7. The third kappa shape index (κ3) is 8.16. The molecule has 2 aromatic carbocycles. The van der Waals surface area contributed by atoms with Crippen molar-refractivity contribution in [3.63, 3.8) is 0 Å². The summed E-state index contributed by atoms with van der Waals surface area (Å²) in [7, 11) is 0. The first kappa shape index (κ1) is 28.9. The van der Waals surface area contributed by atoms with E-state index in [-0.39, 0.29) is 25.0 Å². The van der Waals surface area contributed by atoms with Crippen molar-refractivity contribution in [2.45, 2.75) is 78.2 Å². The van der Waals surface area contributed by atoms with Gasteiger partial charge in [0.05, 0.1) is 12.6 Å². The fourth-order valence-electron chi connectivity index (χ4n) is 4.66. The number of rotatable bonds is 11. The van der Waals surface area contributed by atoms with Gasteiger partial charge in [0.1, 0.15) is 25.0 Å². The van der Waals surface area contributed by atoms with Crippen LogP contribution >= 0.6 is 0 Å². The number of fused-ring (bicyclic) bond motifs is 1. The molecule has 0 saturated carbocycles. The number of carbonyl (C=O) groups excluding carboxylic acids is 4. The first-order valence-corrected chi connectivity index (χ1v) is 13.3. The number of benzene rings is 2. The molecule has 3 rings (SSSR count). The van der Waals surface area contributed by atoms with Gasteiger partial charge in [0, 0.05) is 6.42 Å². The van der Waals surface area contributed by atoms with E-state index in [1.807, 2.05) is 82.3 Å². The number of nitrogens with one attached hydrogen (secondary N) is 2. The molecule has 0 aromatic heterocycles. The van der Waals surface area contributed by atoms with Crippen molar-refractivity contribution in [1.29, 1.82) is 0 Å². The van der Waals surface area contributed by atoms with Gasteiger partial charge in [-0.3, -0.25) is 14.5 Å². The lowest BCUT2D eigenvalue weighted by atomic mass is 9.93. The van der Waals surface area contributed by atoms with Crippen LogP contribution in [0.1, 0.15) is 57.2 Å². The van der Waals surface area contributed by atoms with Crippen LogP contribution in [-0.4, -0.2) is 47.2 Å². The van der Waals surface area contributed by atoms with Gasteiger partial charge in [-0.05, 0) is 41.4 Å². The first-order valence-electron chi connectivity index (χ1n) is 13.3. The molecule has 1 aliphatic rings. The van der Waals surface area contributed by atoms with Crippen LogP contribution in [0.4, 0.5) is 4.79 Å². The minimum absolute atomic E-state index is 0.0907. The quantitative estimate of drug-likeness (QED) is 0.435. The number of nitrogens with zero attached hydrogens (tertiary/aromatic N) is 1. The second-order valence-corrected chi connectivity index (χ2v) is 10.7. The van der Waals surface area contributed by atoms with Gasteiger partial charge in [-0.1, -0.05) is 82.3 Å². The molecule has 3 atom stereocenters. The molecule has 0 radical (unpaired) electrons. The molecule has 0 spiro atoms. The Kier molecular flexibility index (Phi) is 10.4. The molecule has 2 aromatic rings. The summed E-state index contributed by atoms with van der Waals surface area (Å²) in [5, 5.41) is 5.65. The Morgan fingerprint density at radius 3 is 2.18 bits per heavy atom. The fourth-order valence-corrected chi connectivity index (χ4v) is 4.66. The lowest BCUT2D eigenvalue weighted by molar-refractivity contribution is -0.133. The third-order valence-corrected chi connectivity index (χ3v) is 6.55. The zero-order valence-electron chi connectivity index (χ0n) is 22.7. The number of aldehydes is 1. The van der Waals surface area contributed by atoms with Gasteiger partial charge >= 0.3 is 6.09 Å². The first-order chi connectivity index (χ1) is 18.2. The van der Waals surface area contributed by atoms with Crippen molar-refractivity contribution in [3.8, 4) is 0 Å². The largest absolute Gasteiger partial charge is 0.445 e. The van der Waals surface area contributed by atoms with Gasteiger partial charge in [0.15, 0.2) is 0 Å². The summed E-state index contributed by atoms with van der Waals surface area (Å²) >= 11 is 0. The van der Waals surface area contributed by atoms with E-state index >= 15 is 0 Å². The Balaban J connectivity index is 1.78. The SMILES string of the molecule is CC(C)CC(C=O)NC(=O)[C@H](CC(C)C)NC(=O)C1Cc2ccccc2CN1C(=O)OCc1ccccc1. The zero-order valence-corrected chi connectivity index (χ0v) is 22.7. The van der Waals surface area contributed by atoms with Crippen LogP contribution in [0, 0.1) is 11.8 Å². The predicted molar refractivity (Wildman–Crippen MR) is 145 cm³/mol. The molecule has 38 heavy (non-hydrogen) atoms. The molecular weight excluding hydrogens is 482 g/mol. The molecule has 1 aliphatic heterocycles. The number of amides is 3. The van der Waals surface area contributed by atoms with Crippen molar-refractivity contribution in [2.75, 3.05) is 0 Å². The smallest absolute Gasteiger partial charge is 0.411 e. The fraction of sp³-hybridized carbons (Fsp3) is 0.467. The Hall–Kier alpha value is -3.68. The second kappa shape index (κ2) is 13.7. The molecule has 8 heteroatoms. The van der Waals surface area contributed by atoms with E-state index in [1.54, 1.807) is 0 Å². The third-order valence-electron chi connectivity index (χ3n) is 6.55. The van der Waals surface area contributed by atoms with Gasteiger partial charge in [-0.25, -0.2) is 4.79 Å². The maximum atomic E-state index is 13.6. The Labute approximate surface area is 225 Å². The van der Waals surface area contributed by atoms with Crippen molar-refractivity contribution in [2.24, 2.45) is 11.8 Å². The standard InChI is InChI=1S/C30H39N3O5/c1-20(2)14-25(18-34)31-28(35)26(15-21(3)4)32-29(36)27-16-23-12-8-9-13-24(23)17-33(27)30(37)38-19-22-10-6-5-7-11-22/h5-13,18,20-21,25-27H,14-17,19H2,1-4H3,(H,31,35)(H,32,36)/t25?,26-,27?/m0/s1. The number of hydrogen-bond acceptors (Lipinski definition) is 5. The summed E-state index contributed by atoms with van der Waals surface area (Å²) in [5.41, 5.74) is 2.77. The summed E-state index contributed by atoms with van der Waals surface area (Å²) in [6.45, 7) is 8.19. The molecule has 3 amide bonds. The Bertz CT molecular complexity index is 1100. The molecule has 2 N–H and O–H groups in total. The topological polar surface area (TPSA) is 105 Å². The predicted octanol–water partition coefficient (Wildman–Crippen LogP) is 4.01. The van der Waals surface area contributed by atoms with E-state index in [2.05, 4.69) is 10.6 Å². The minimum Gasteiger partial charge on any atom is -0.445 e. The maximum Gasteiger partial charge on any atom is 0.411 e. The van der Waals surface area contributed by atoms with Crippen LogP contribution in [0.5, 0.6) is 0 Å². The van der Waals surface area contributed by atoms with E-state index in [0.717, 1.165) is 23.0 Å². The summed E-state index contributed by atoms with van der Waals surface area (Å²) in [6.07, 6.45) is 1.36. The highest BCUT2D eigenvalue weighted by Gasteiger charge is 2.37. The van der Waals surface area contributed by atoms with Crippen LogP contribution in [0.3, 0.4) is 0 Å². The molecule has 0 bridgehead atoms. The highest BCUT2D eigenvalue weighted by atomic mass is 16.6. The normalized spacial score (nSPS) is 16.4. The molecule has 1 heterocycles. The van der Waals surface area contributed by atoms with Gasteiger partial charge in [-0.15, -0.1) is 0 Å². The van der Waals surface area contributed by atoms with Crippen molar-refractivity contribution in [3.05, 3.63) is 71.3 Å². The monoisotopic (exact) mass is 521 g/mol. The molecule has 2 unspecified atom stereocenters. The van der Waals surface area contributed by atoms with E-state index in [9.17, 15) is 19.2 Å². The van der Waals surface area contributed by atoms with Gasteiger partial charge in [0.2, 0.25) is 11.8 Å². The van der Waals surface area contributed by atoms with Gasteiger partial charge in [-0.2, -0.15) is 0 Å². The molecule has 0 aliphatic carbocycles. The minimum atomic E-state index is -0.840. The summed E-state index contributed by atoms with van der Waals surface area (Å²) in [4.78, 5) is 52.9. The van der Waals surface area contributed by atoms with E-state index < -0.39 is 36.0 Å². The van der Waals surface area contributed by atoms with Gasteiger partial charge < -0.3 is 20.2 Å². The molecule has 0 saturated heterocycles. The van der Waals surface area contributed by atoms with E-state index in [4.69, 9.17) is 4.74 Å². The van der Waals surface area contributed by atoms with Crippen molar-refractivity contribution < 1.29 is 23.9 Å².